The first-order valence-corrected chi connectivity index (χ1v) is 7.06. The zero-order chi connectivity index (χ0) is 15.4. The van der Waals surface area contributed by atoms with E-state index in [4.69, 9.17) is 0 Å². The highest BCUT2D eigenvalue weighted by Crippen LogP contribution is 2.18. The van der Waals surface area contributed by atoms with Crippen LogP contribution in [-0.2, 0) is 4.74 Å². The topological polar surface area (TPSA) is 55.4 Å². The number of anilines is 1. The highest BCUT2D eigenvalue weighted by Gasteiger charge is 2.13. The van der Waals surface area contributed by atoms with E-state index in [1.54, 1.807) is 12.1 Å². The summed E-state index contributed by atoms with van der Waals surface area (Å²) in [5, 5.41) is 2.78. The SMILES string of the molecule is COC(=O)c1cc(Br)cc(C(=O)Nc2ccc(C)cc2)c1. The van der Waals surface area contributed by atoms with Crippen molar-refractivity contribution in [1.29, 1.82) is 0 Å². The smallest absolute Gasteiger partial charge is 0.337 e. The lowest BCUT2D eigenvalue weighted by atomic mass is 10.1. The number of ether oxygens (including phenoxy) is 1. The Hall–Kier alpha value is -2.14. The average Bonchev–Trinajstić information content (AvgIpc) is 2.48. The van der Waals surface area contributed by atoms with Gasteiger partial charge in [0.25, 0.3) is 5.91 Å². The van der Waals surface area contributed by atoms with Crippen molar-refractivity contribution in [2.75, 3.05) is 12.4 Å². The molecule has 108 valence electrons. The number of esters is 1. The van der Waals surface area contributed by atoms with Crippen LogP contribution in [0.4, 0.5) is 5.69 Å². The Kier molecular flexibility index (Phi) is 4.75. The molecule has 2 aromatic rings. The summed E-state index contributed by atoms with van der Waals surface area (Å²) in [7, 11) is 1.30. The fraction of sp³-hybridized carbons (Fsp3) is 0.125. The van der Waals surface area contributed by atoms with Crippen molar-refractivity contribution in [2.24, 2.45) is 0 Å². The Balaban J connectivity index is 2.24. The standard InChI is InChI=1S/C16H14BrNO3/c1-10-3-5-14(6-4-10)18-15(19)11-7-12(16(20)21-2)9-13(17)8-11/h3-9H,1-2H3,(H,18,19). The second-order valence-electron chi connectivity index (χ2n) is 4.54. The van der Waals surface area contributed by atoms with Gasteiger partial charge < -0.3 is 10.1 Å². The van der Waals surface area contributed by atoms with Gasteiger partial charge in [-0.3, -0.25) is 4.79 Å². The van der Waals surface area contributed by atoms with Crippen LogP contribution in [0.2, 0.25) is 0 Å². The van der Waals surface area contributed by atoms with Crippen molar-refractivity contribution in [1.82, 2.24) is 0 Å². The van der Waals surface area contributed by atoms with Gasteiger partial charge in [-0.2, -0.15) is 0 Å². The molecule has 0 aliphatic rings. The van der Waals surface area contributed by atoms with Gasteiger partial charge in [-0.15, -0.1) is 0 Å². The number of aryl methyl sites for hydroxylation is 1. The van der Waals surface area contributed by atoms with E-state index in [1.807, 2.05) is 31.2 Å². The van der Waals surface area contributed by atoms with Gasteiger partial charge in [0, 0.05) is 15.7 Å². The summed E-state index contributed by atoms with van der Waals surface area (Å²) < 4.78 is 5.30. The fourth-order valence-corrected chi connectivity index (χ4v) is 2.29. The first-order chi connectivity index (χ1) is 9.99. The molecule has 0 atom stereocenters. The van der Waals surface area contributed by atoms with Crippen LogP contribution in [0.25, 0.3) is 0 Å². The molecule has 0 saturated heterocycles. The van der Waals surface area contributed by atoms with E-state index < -0.39 is 5.97 Å². The largest absolute Gasteiger partial charge is 0.465 e. The minimum atomic E-state index is -0.485. The van der Waals surface area contributed by atoms with Crippen LogP contribution < -0.4 is 5.32 Å². The molecule has 0 saturated carbocycles. The molecular formula is C16H14BrNO3. The number of amides is 1. The van der Waals surface area contributed by atoms with Crippen LogP contribution in [0.3, 0.4) is 0 Å². The van der Waals surface area contributed by atoms with E-state index in [1.165, 1.54) is 13.2 Å². The summed E-state index contributed by atoms with van der Waals surface area (Å²) >= 11 is 3.29. The van der Waals surface area contributed by atoms with E-state index in [-0.39, 0.29) is 5.91 Å². The zero-order valence-electron chi connectivity index (χ0n) is 11.6. The lowest BCUT2D eigenvalue weighted by Crippen LogP contribution is -2.13. The molecule has 2 rings (SSSR count). The summed E-state index contributed by atoms with van der Waals surface area (Å²) in [6.45, 7) is 1.97. The number of hydrogen-bond donors (Lipinski definition) is 1. The van der Waals surface area contributed by atoms with E-state index in [0.29, 0.717) is 21.3 Å². The van der Waals surface area contributed by atoms with Crippen LogP contribution in [0.1, 0.15) is 26.3 Å². The minimum Gasteiger partial charge on any atom is -0.465 e. The number of benzene rings is 2. The molecule has 0 radical (unpaired) electrons. The van der Waals surface area contributed by atoms with Gasteiger partial charge in [0.05, 0.1) is 12.7 Å². The van der Waals surface area contributed by atoms with Gasteiger partial charge in [-0.05, 0) is 37.3 Å². The molecule has 0 heterocycles. The van der Waals surface area contributed by atoms with Crippen molar-refractivity contribution >= 4 is 33.5 Å². The number of carbonyl (C=O) groups is 2. The Labute approximate surface area is 131 Å². The van der Waals surface area contributed by atoms with Crippen LogP contribution in [0.5, 0.6) is 0 Å². The minimum absolute atomic E-state index is 0.287. The number of carbonyl (C=O) groups excluding carboxylic acids is 2. The van der Waals surface area contributed by atoms with E-state index >= 15 is 0 Å². The number of halogens is 1. The molecule has 0 aliphatic heterocycles. The van der Waals surface area contributed by atoms with Gasteiger partial charge in [0.1, 0.15) is 0 Å². The van der Waals surface area contributed by atoms with Crippen molar-refractivity contribution in [2.45, 2.75) is 6.92 Å². The third-order valence-corrected chi connectivity index (χ3v) is 3.35. The predicted molar refractivity (Wildman–Crippen MR) is 84.6 cm³/mol. The Morgan fingerprint density at radius 2 is 1.67 bits per heavy atom. The van der Waals surface area contributed by atoms with Crippen LogP contribution >= 0.6 is 15.9 Å². The predicted octanol–water partition coefficient (Wildman–Crippen LogP) is 3.80. The molecule has 0 fully saturated rings. The molecule has 0 bridgehead atoms. The summed E-state index contributed by atoms with van der Waals surface area (Å²) in [6.07, 6.45) is 0. The monoisotopic (exact) mass is 347 g/mol. The summed E-state index contributed by atoms with van der Waals surface area (Å²) in [6, 6.07) is 12.2. The second kappa shape index (κ2) is 6.54. The molecule has 2 aromatic carbocycles. The highest BCUT2D eigenvalue weighted by molar-refractivity contribution is 9.10. The van der Waals surface area contributed by atoms with Crippen LogP contribution in [0.15, 0.2) is 46.9 Å². The van der Waals surface area contributed by atoms with Gasteiger partial charge in [-0.1, -0.05) is 33.6 Å². The molecule has 0 spiro atoms. The molecule has 5 heteroatoms. The molecule has 1 amide bonds. The summed E-state index contributed by atoms with van der Waals surface area (Å²) in [5.41, 5.74) is 2.51. The van der Waals surface area contributed by atoms with Crippen LogP contribution in [-0.4, -0.2) is 19.0 Å². The number of hydrogen-bond acceptors (Lipinski definition) is 3. The Morgan fingerprint density at radius 3 is 2.29 bits per heavy atom. The van der Waals surface area contributed by atoms with Crippen molar-refractivity contribution in [3.05, 3.63) is 63.6 Å². The van der Waals surface area contributed by atoms with E-state index in [9.17, 15) is 9.59 Å². The number of rotatable bonds is 3. The lowest BCUT2D eigenvalue weighted by Gasteiger charge is -2.08. The maximum absolute atomic E-state index is 12.2. The number of nitrogens with one attached hydrogen (secondary N) is 1. The van der Waals surface area contributed by atoms with Crippen molar-refractivity contribution in [3.8, 4) is 0 Å². The Bertz CT molecular complexity index is 680. The lowest BCUT2D eigenvalue weighted by molar-refractivity contribution is 0.0600. The van der Waals surface area contributed by atoms with E-state index in [2.05, 4.69) is 26.0 Å². The normalized spacial score (nSPS) is 10.0. The summed E-state index contributed by atoms with van der Waals surface area (Å²) in [5.74, 6) is -0.772. The van der Waals surface area contributed by atoms with Crippen molar-refractivity contribution < 1.29 is 14.3 Å². The highest BCUT2D eigenvalue weighted by atomic mass is 79.9. The molecular weight excluding hydrogens is 334 g/mol. The van der Waals surface area contributed by atoms with Gasteiger partial charge >= 0.3 is 5.97 Å². The third-order valence-electron chi connectivity index (χ3n) is 2.89. The number of methoxy groups -OCH3 is 1. The third kappa shape index (κ3) is 3.92. The molecule has 21 heavy (non-hydrogen) atoms. The quantitative estimate of drug-likeness (QED) is 0.859. The summed E-state index contributed by atoms with van der Waals surface area (Å²) in [4.78, 5) is 23.8. The van der Waals surface area contributed by atoms with Crippen molar-refractivity contribution in [3.63, 3.8) is 0 Å². The zero-order valence-corrected chi connectivity index (χ0v) is 13.2. The fourth-order valence-electron chi connectivity index (χ4n) is 1.80. The molecule has 4 nitrogen and oxygen atoms in total. The molecule has 0 aromatic heterocycles. The van der Waals surface area contributed by atoms with Gasteiger partial charge in [0.15, 0.2) is 0 Å². The molecule has 0 unspecified atom stereocenters. The maximum atomic E-state index is 12.2. The van der Waals surface area contributed by atoms with Crippen LogP contribution in [0, 0.1) is 6.92 Å². The molecule has 1 N–H and O–H groups in total. The Morgan fingerprint density at radius 1 is 1.05 bits per heavy atom. The first-order valence-electron chi connectivity index (χ1n) is 6.26. The second-order valence-corrected chi connectivity index (χ2v) is 5.46. The molecule has 0 aliphatic carbocycles. The maximum Gasteiger partial charge on any atom is 0.337 e. The average molecular weight is 348 g/mol. The first kappa shape index (κ1) is 15.3. The van der Waals surface area contributed by atoms with E-state index in [0.717, 1.165) is 5.56 Å². The van der Waals surface area contributed by atoms with Gasteiger partial charge in [-0.25, -0.2) is 4.79 Å². The van der Waals surface area contributed by atoms with Gasteiger partial charge in [0.2, 0.25) is 0 Å².